The van der Waals surface area contributed by atoms with E-state index in [4.69, 9.17) is 4.98 Å². The zero-order valence-electron chi connectivity index (χ0n) is 17.0. The van der Waals surface area contributed by atoms with Crippen LogP contribution in [0.15, 0.2) is 89.8 Å². The number of imidazole rings is 1. The number of hydrogen-bond acceptors (Lipinski definition) is 2. The first-order valence-corrected chi connectivity index (χ1v) is 11.5. The number of hydrogen-bond donors (Lipinski definition) is 0. The molecule has 2 nitrogen and oxygen atoms in total. The molecule has 0 aliphatic heterocycles. The first-order chi connectivity index (χ1) is 14.4. The molecule has 29 heavy (non-hydrogen) atoms. The maximum atomic E-state index is 5.13. The summed E-state index contributed by atoms with van der Waals surface area (Å²) in [7, 11) is 0. The quantitative estimate of drug-likeness (QED) is 0.214. The highest BCUT2D eigenvalue weighted by Gasteiger charge is 2.23. The van der Waals surface area contributed by atoms with E-state index in [-0.39, 0.29) is 5.25 Å². The lowest BCUT2D eigenvalue weighted by molar-refractivity contribution is 0.577. The molecule has 3 aromatic carbocycles. The number of fused-ring (bicyclic) bond motifs is 1. The van der Waals surface area contributed by atoms with Crippen molar-refractivity contribution in [3.05, 3.63) is 96.3 Å². The van der Waals surface area contributed by atoms with Crippen molar-refractivity contribution >= 4 is 22.8 Å². The Morgan fingerprint density at radius 1 is 0.793 bits per heavy atom. The van der Waals surface area contributed by atoms with Crippen molar-refractivity contribution in [2.45, 2.75) is 49.3 Å². The summed E-state index contributed by atoms with van der Waals surface area (Å²) in [4.78, 5) is 6.40. The summed E-state index contributed by atoms with van der Waals surface area (Å²) < 4.78 is 2.46. The second kappa shape index (κ2) is 9.80. The molecule has 0 saturated heterocycles. The van der Waals surface area contributed by atoms with Gasteiger partial charge in [0.25, 0.3) is 0 Å². The highest BCUT2D eigenvalue weighted by Crippen LogP contribution is 2.41. The molecule has 0 amide bonds. The SMILES string of the molecule is CCCCCCn1c(C(Sc2ccccc2)c2ccccc2)nc2ccccc21. The Morgan fingerprint density at radius 3 is 2.24 bits per heavy atom. The lowest BCUT2D eigenvalue weighted by Crippen LogP contribution is -2.09. The van der Waals surface area contributed by atoms with Crippen LogP contribution in [-0.2, 0) is 6.54 Å². The zero-order valence-corrected chi connectivity index (χ0v) is 17.8. The Labute approximate surface area is 178 Å². The van der Waals surface area contributed by atoms with Crippen LogP contribution in [0.5, 0.6) is 0 Å². The van der Waals surface area contributed by atoms with Crippen LogP contribution in [0.2, 0.25) is 0 Å². The van der Waals surface area contributed by atoms with Gasteiger partial charge in [-0.05, 0) is 36.2 Å². The van der Waals surface area contributed by atoms with Crippen LogP contribution >= 0.6 is 11.8 Å². The molecule has 0 radical (unpaired) electrons. The first kappa shape index (κ1) is 19.8. The Kier molecular flexibility index (Phi) is 6.68. The molecule has 0 spiro atoms. The fourth-order valence-electron chi connectivity index (χ4n) is 3.76. The number of thioether (sulfide) groups is 1. The molecule has 3 heteroatoms. The predicted octanol–water partition coefficient (Wildman–Crippen LogP) is 7.50. The molecule has 0 aliphatic carbocycles. The molecule has 1 atom stereocenters. The Balaban J connectivity index is 1.76. The van der Waals surface area contributed by atoms with Crippen molar-refractivity contribution in [3.8, 4) is 0 Å². The maximum Gasteiger partial charge on any atom is 0.127 e. The molecular formula is C26H28N2S. The number of aryl methyl sites for hydroxylation is 1. The summed E-state index contributed by atoms with van der Waals surface area (Å²) in [6, 6.07) is 30.0. The van der Waals surface area contributed by atoms with Crippen molar-refractivity contribution in [1.82, 2.24) is 9.55 Å². The van der Waals surface area contributed by atoms with Crippen molar-refractivity contribution in [3.63, 3.8) is 0 Å². The lowest BCUT2D eigenvalue weighted by Gasteiger charge is -2.19. The average Bonchev–Trinajstić information content (AvgIpc) is 3.15. The third-order valence-corrected chi connectivity index (χ3v) is 6.52. The molecule has 0 bridgehead atoms. The Hall–Kier alpha value is -2.52. The summed E-state index contributed by atoms with van der Waals surface area (Å²) in [6.45, 7) is 3.29. The van der Waals surface area contributed by atoms with Crippen LogP contribution in [0.1, 0.15) is 49.2 Å². The Bertz CT molecular complexity index is 1020. The van der Waals surface area contributed by atoms with Crippen molar-refractivity contribution < 1.29 is 0 Å². The van der Waals surface area contributed by atoms with E-state index in [1.807, 2.05) is 11.8 Å². The van der Waals surface area contributed by atoms with Crippen molar-refractivity contribution in [2.24, 2.45) is 0 Å². The summed E-state index contributed by atoms with van der Waals surface area (Å²) >= 11 is 1.88. The van der Waals surface area contributed by atoms with E-state index < -0.39 is 0 Å². The van der Waals surface area contributed by atoms with Gasteiger partial charge in [0.1, 0.15) is 5.82 Å². The fourth-order valence-corrected chi connectivity index (χ4v) is 4.92. The highest BCUT2D eigenvalue weighted by molar-refractivity contribution is 7.99. The third kappa shape index (κ3) is 4.73. The van der Waals surface area contributed by atoms with Gasteiger partial charge in [-0.1, -0.05) is 86.8 Å². The van der Waals surface area contributed by atoms with E-state index in [1.54, 1.807) is 0 Å². The van der Waals surface area contributed by atoms with Gasteiger partial charge in [0.05, 0.1) is 16.3 Å². The van der Waals surface area contributed by atoms with E-state index >= 15 is 0 Å². The summed E-state index contributed by atoms with van der Waals surface area (Å²) in [5, 5.41) is 0.164. The maximum absolute atomic E-state index is 5.13. The van der Waals surface area contributed by atoms with Gasteiger partial charge in [-0.3, -0.25) is 0 Å². The van der Waals surface area contributed by atoms with E-state index in [2.05, 4.69) is 96.4 Å². The largest absolute Gasteiger partial charge is 0.327 e. The molecule has 0 aliphatic rings. The number of aromatic nitrogens is 2. The van der Waals surface area contributed by atoms with Crippen LogP contribution in [0, 0.1) is 0 Å². The van der Waals surface area contributed by atoms with E-state index in [0.29, 0.717) is 0 Å². The number of benzene rings is 3. The van der Waals surface area contributed by atoms with Crippen LogP contribution in [-0.4, -0.2) is 9.55 Å². The minimum absolute atomic E-state index is 0.164. The standard InChI is InChI=1S/C26H28N2S/c1-2-3-4-13-20-28-24-19-12-11-18-23(24)27-26(28)25(21-14-7-5-8-15-21)29-22-16-9-6-10-17-22/h5-12,14-19,25H,2-4,13,20H2,1H3. The summed E-state index contributed by atoms with van der Waals surface area (Å²) in [5.74, 6) is 1.16. The molecule has 1 aromatic heterocycles. The monoisotopic (exact) mass is 400 g/mol. The topological polar surface area (TPSA) is 17.8 Å². The van der Waals surface area contributed by atoms with Gasteiger partial charge >= 0.3 is 0 Å². The zero-order chi connectivity index (χ0) is 19.9. The van der Waals surface area contributed by atoms with Gasteiger partial charge in [0.2, 0.25) is 0 Å². The number of rotatable bonds is 9. The van der Waals surface area contributed by atoms with E-state index in [1.165, 1.54) is 41.7 Å². The molecule has 0 saturated carbocycles. The van der Waals surface area contributed by atoms with E-state index in [0.717, 1.165) is 17.9 Å². The van der Waals surface area contributed by atoms with E-state index in [9.17, 15) is 0 Å². The predicted molar refractivity (Wildman–Crippen MR) is 124 cm³/mol. The van der Waals surface area contributed by atoms with Gasteiger partial charge in [-0.2, -0.15) is 0 Å². The third-order valence-electron chi connectivity index (χ3n) is 5.25. The molecular weight excluding hydrogens is 372 g/mol. The molecule has 1 heterocycles. The van der Waals surface area contributed by atoms with Crippen LogP contribution in [0.25, 0.3) is 11.0 Å². The number of nitrogens with zero attached hydrogens (tertiary/aromatic N) is 2. The van der Waals surface area contributed by atoms with Gasteiger partial charge in [0, 0.05) is 11.4 Å². The van der Waals surface area contributed by atoms with Gasteiger partial charge in [-0.15, -0.1) is 11.8 Å². The average molecular weight is 401 g/mol. The molecule has 1 unspecified atom stereocenters. The fraction of sp³-hybridized carbons (Fsp3) is 0.269. The number of para-hydroxylation sites is 2. The smallest absolute Gasteiger partial charge is 0.127 e. The second-order valence-corrected chi connectivity index (χ2v) is 8.57. The molecule has 0 fully saturated rings. The van der Waals surface area contributed by atoms with Gasteiger partial charge in [-0.25, -0.2) is 4.98 Å². The summed E-state index contributed by atoms with van der Waals surface area (Å²) in [5.41, 5.74) is 3.63. The van der Waals surface area contributed by atoms with Gasteiger partial charge in [0.15, 0.2) is 0 Å². The second-order valence-electron chi connectivity index (χ2n) is 7.39. The van der Waals surface area contributed by atoms with Crippen molar-refractivity contribution in [2.75, 3.05) is 0 Å². The highest BCUT2D eigenvalue weighted by atomic mass is 32.2. The molecule has 4 aromatic rings. The minimum Gasteiger partial charge on any atom is -0.327 e. The summed E-state index contributed by atoms with van der Waals surface area (Å²) in [6.07, 6.45) is 5.01. The minimum atomic E-state index is 0.164. The first-order valence-electron chi connectivity index (χ1n) is 10.6. The molecule has 148 valence electrons. The van der Waals surface area contributed by atoms with Crippen LogP contribution < -0.4 is 0 Å². The van der Waals surface area contributed by atoms with Gasteiger partial charge < -0.3 is 4.57 Å². The number of unbranched alkanes of at least 4 members (excludes halogenated alkanes) is 3. The van der Waals surface area contributed by atoms with Crippen LogP contribution in [0.4, 0.5) is 0 Å². The molecule has 0 N–H and O–H groups in total. The Morgan fingerprint density at radius 2 is 1.48 bits per heavy atom. The normalized spacial score (nSPS) is 12.3. The lowest BCUT2D eigenvalue weighted by atomic mass is 10.1. The van der Waals surface area contributed by atoms with Crippen molar-refractivity contribution in [1.29, 1.82) is 0 Å². The molecule has 4 rings (SSSR count). The van der Waals surface area contributed by atoms with Crippen LogP contribution in [0.3, 0.4) is 0 Å².